The van der Waals surface area contributed by atoms with Gasteiger partial charge in [0.2, 0.25) is 5.91 Å². The van der Waals surface area contributed by atoms with E-state index in [0.29, 0.717) is 12.5 Å². The number of halogens is 1. The Morgan fingerprint density at radius 1 is 1.28 bits per heavy atom. The SMILES string of the molecule is CC(C)c1nnc2n1C[C@@H](NC(=O)C(C)(C)c1ccc(F)cc1)CC2. The van der Waals surface area contributed by atoms with Gasteiger partial charge in [-0.05, 0) is 38.0 Å². The van der Waals surface area contributed by atoms with Crippen molar-refractivity contribution < 1.29 is 9.18 Å². The van der Waals surface area contributed by atoms with Gasteiger partial charge in [-0.25, -0.2) is 4.39 Å². The third kappa shape index (κ3) is 3.43. The van der Waals surface area contributed by atoms with Crippen LogP contribution in [0.2, 0.25) is 0 Å². The second-order valence-electron chi connectivity index (χ2n) is 7.58. The third-order valence-electron chi connectivity index (χ3n) is 4.96. The van der Waals surface area contributed by atoms with Gasteiger partial charge in [-0.15, -0.1) is 10.2 Å². The number of benzene rings is 1. The molecule has 5 nitrogen and oxygen atoms in total. The van der Waals surface area contributed by atoms with E-state index in [1.165, 1.54) is 12.1 Å². The van der Waals surface area contributed by atoms with Crippen LogP contribution >= 0.6 is 0 Å². The first-order valence-corrected chi connectivity index (χ1v) is 8.78. The van der Waals surface area contributed by atoms with Gasteiger partial charge in [0.15, 0.2) is 0 Å². The maximum atomic E-state index is 13.1. The van der Waals surface area contributed by atoms with Gasteiger partial charge in [0.25, 0.3) is 0 Å². The normalized spacial score (nSPS) is 17.4. The van der Waals surface area contributed by atoms with Crippen LogP contribution in [0.4, 0.5) is 4.39 Å². The number of fused-ring (bicyclic) bond motifs is 1. The van der Waals surface area contributed by atoms with Crippen molar-refractivity contribution in [3.05, 3.63) is 47.3 Å². The average Bonchev–Trinajstić information content (AvgIpc) is 2.98. The minimum absolute atomic E-state index is 0.0493. The molecule has 25 heavy (non-hydrogen) atoms. The number of hydrogen-bond acceptors (Lipinski definition) is 3. The van der Waals surface area contributed by atoms with Gasteiger partial charge in [-0.1, -0.05) is 26.0 Å². The first-order chi connectivity index (χ1) is 11.8. The summed E-state index contributed by atoms with van der Waals surface area (Å²) in [6.45, 7) is 8.61. The zero-order valence-electron chi connectivity index (χ0n) is 15.2. The summed E-state index contributed by atoms with van der Waals surface area (Å²) >= 11 is 0. The van der Waals surface area contributed by atoms with Crippen LogP contribution in [-0.2, 0) is 23.2 Å². The lowest BCUT2D eigenvalue weighted by Gasteiger charge is -2.30. The van der Waals surface area contributed by atoms with Gasteiger partial charge >= 0.3 is 0 Å². The Hall–Kier alpha value is -2.24. The lowest BCUT2D eigenvalue weighted by atomic mass is 9.83. The number of nitrogens with zero attached hydrogens (tertiary/aromatic N) is 3. The molecule has 134 valence electrons. The van der Waals surface area contributed by atoms with Gasteiger partial charge in [0, 0.05) is 24.9 Å². The highest BCUT2D eigenvalue weighted by molar-refractivity contribution is 5.87. The topological polar surface area (TPSA) is 59.8 Å². The summed E-state index contributed by atoms with van der Waals surface area (Å²) in [6.07, 6.45) is 1.66. The summed E-state index contributed by atoms with van der Waals surface area (Å²) in [4.78, 5) is 12.8. The number of carbonyl (C=O) groups excluding carboxylic acids is 1. The van der Waals surface area contributed by atoms with Crippen molar-refractivity contribution in [3.8, 4) is 0 Å². The number of rotatable bonds is 4. The van der Waals surface area contributed by atoms with Gasteiger partial charge in [-0.2, -0.15) is 0 Å². The molecular formula is C19H25FN4O. The minimum atomic E-state index is -0.720. The summed E-state index contributed by atoms with van der Waals surface area (Å²) in [5, 5.41) is 11.7. The van der Waals surface area contributed by atoms with Crippen LogP contribution in [0.1, 0.15) is 57.2 Å². The Morgan fingerprint density at radius 3 is 2.60 bits per heavy atom. The Kier molecular flexibility index (Phi) is 4.62. The monoisotopic (exact) mass is 344 g/mol. The maximum absolute atomic E-state index is 13.1. The van der Waals surface area contributed by atoms with Crippen LogP contribution in [0.25, 0.3) is 0 Å². The highest BCUT2D eigenvalue weighted by atomic mass is 19.1. The van der Waals surface area contributed by atoms with Crippen molar-refractivity contribution >= 4 is 5.91 Å². The van der Waals surface area contributed by atoms with Crippen LogP contribution in [0, 0.1) is 5.82 Å². The van der Waals surface area contributed by atoms with Crippen LogP contribution in [0.3, 0.4) is 0 Å². The second-order valence-corrected chi connectivity index (χ2v) is 7.58. The van der Waals surface area contributed by atoms with E-state index in [9.17, 15) is 9.18 Å². The quantitative estimate of drug-likeness (QED) is 0.928. The number of amides is 1. The molecule has 1 aromatic carbocycles. The average molecular weight is 344 g/mol. The van der Waals surface area contributed by atoms with Crippen molar-refractivity contribution in [2.24, 2.45) is 0 Å². The van der Waals surface area contributed by atoms with Crippen LogP contribution < -0.4 is 5.32 Å². The van der Waals surface area contributed by atoms with Gasteiger partial charge in [0.1, 0.15) is 17.5 Å². The molecule has 1 atom stereocenters. The Bertz CT molecular complexity index is 764. The molecule has 1 aliphatic heterocycles. The number of hydrogen-bond donors (Lipinski definition) is 1. The fourth-order valence-corrected chi connectivity index (χ4v) is 3.26. The molecule has 0 bridgehead atoms. The van der Waals surface area contributed by atoms with Crippen molar-refractivity contribution in [3.63, 3.8) is 0 Å². The van der Waals surface area contributed by atoms with E-state index in [1.807, 2.05) is 13.8 Å². The summed E-state index contributed by atoms with van der Waals surface area (Å²) in [6, 6.07) is 6.18. The Labute approximate surface area is 147 Å². The van der Waals surface area contributed by atoms with Crippen LogP contribution in [-0.4, -0.2) is 26.7 Å². The molecule has 0 saturated carbocycles. The maximum Gasteiger partial charge on any atom is 0.230 e. The van der Waals surface area contributed by atoms with E-state index >= 15 is 0 Å². The fraction of sp³-hybridized carbons (Fsp3) is 0.526. The van der Waals surface area contributed by atoms with E-state index in [4.69, 9.17) is 0 Å². The van der Waals surface area contributed by atoms with Gasteiger partial charge in [0.05, 0.1) is 5.41 Å². The molecule has 1 amide bonds. The lowest BCUT2D eigenvalue weighted by Crippen LogP contribution is -2.48. The largest absolute Gasteiger partial charge is 0.351 e. The zero-order chi connectivity index (χ0) is 18.2. The van der Waals surface area contributed by atoms with E-state index in [-0.39, 0.29) is 17.8 Å². The molecule has 0 radical (unpaired) electrons. The van der Waals surface area contributed by atoms with Crippen LogP contribution in [0.5, 0.6) is 0 Å². The fourth-order valence-electron chi connectivity index (χ4n) is 3.26. The highest BCUT2D eigenvalue weighted by Crippen LogP contribution is 2.25. The second kappa shape index (κ2) is 6.58. The summed E-state index contributed by atoms with van der Waals surface area (Å²) < 4.78 is 15.3. The zero-order valence-corrected chi connectivity index (χ0v) is 15.2. The van der Waals surface area contributed by atoms with Crippen molar-refractivity contribution in [2.45, 2.75) is 64.5 Å². The first-order valence-electron chi connectivity index (χ1n) is 8.78. The standard InChI is InChI=1S/C19H25FN4O/c1-12(2)17-23-22-16-10-9-15(11-24(16)17)21-18(25)19(3,4)13-5-7-14(20)8-6-13/h5-8,12,15H,9-11H2,1-4H3,(H,21,25)/t15-/m0/s1. The number of aromatic nitrogens is 3. The molecule has 2 heterocycles. The summed E-state index contributed by atoms with van der Waals surface area (Å²) in [7, 11) is 0. The Morgan fingerprint density at radius 2 is 1.96 bits per heavy atom. The molecule has 0 unspecified atom stereocenters. The van der Waals surface area contributed by atoms with E-state index in [2.05, 4.69) is 33.9 Å². The van der Waals surface area contributed by atoms with Gasteiger partial charge < -0.3 is 9.88 Å². The first kappa shape index (κ1) is 17.6. The molecule has 3 rings (SSSR count). The Balaban J connectivity index is 1.73. The van der Waals surface area contributed by atoms with Crippen molar-refractivity contribution in [2.75, 3.05) is 0 Å². The molecule has 0 aliphatic carbocycles. The molecular weight excluding hydrogens is 319 g/mol. The van der Waals surface area contributed by atoms with Crippen molar-refractivity contribution in [1.82, 2.24) is 20.1 Å². The predicted molar refractivity (Wildman–Crippen MR) is 93.8 cm³/mol. The molecule has 1 aliphatic rings. The summed E-state index contributed by atoms with van der Waals surface area (Å²) in [5.41, 5.74) is 0.0808. The third-order valence-corrected chi connectivity index (χ3v) is 4.96. The predicted octanol–water partition coefficient (Wildman–Crippen LogP) is 2.95. The smallest absolute Gasteiger partial charge is 0.230 e. The molecule has 2 aromatic rings. The van der Waals surface area contributed by atoms with E-state index in [0.717, 1.165) is 30.1 Å². The lowest BCUT2D eigenvalue weighted by molar-refractivity contribution is -0.126. The van der Waals surface area contributed by atoms with E-state index < -0.39 is 5.41 Å². The van der Waals surface area contributed by atoms with E-state index in [1.54, 1.807) is 12.1 Å². The molecule has 1 N–H and O–H groups in total. The van der Waals surface area contributed by atoms with Crippen molar-refractivity contribution in [1.29, 1.82) is 0 Å². The van der Waals surface area contributed by atoms with Crippen LogP contribution in [0.15, 0.2) is 24.3 Å². The molecule has 0 saturated heterocycles. The summed E-state index contributed by atoms with van der Waals surface area (Å²) in [5.74, 6) is 1.91. The molecule has 1 aromatic heterocycles. The number of nitrogens with one attached hydrogen (secondary N) is 1. The van der Waals surface area contributed by atoms with Gasteiger partial charge in [-0.3, -0.25) is 4.79 Å². The number of carbonyl (C=O) groups is 1. The minimum Gasteiger partial charge on any atom is -0.351 e. The molecule has 6 heteroatoms. The highest BCUT2D eigenvalue weighted by Gasteiger charge is 2.33. The molecule has 0 fully saturated rings. The number of aryl methyl sites for hydroxylation is 1. The molecule has 0 spiro atoms.